The lowest BCUT2D eigenvalue weighted by molar-refractivity contribution is -0.0496. The van der Waals surface area contributed by atoms with Crippen LogP contribution >= 0.6 is 0 Å². The summed E-state index contributed by atoms with van der Waals surface area (Å²) in [5.41, 5.74) is 2.83. The summed E-state index contributed by atoms with van der Waals surface area (Å²) in [7, 11) is -3.81. The van der Waals surface area contributed by atoms with Crippen LogP contribution in [-0.4, -0.2) is 15.0 Å². The van der Waals surface area contributed by atoms with Crippen molar-refractivity contribution >= 4 is 10.0 Å². The van der Waals surface area contributed by atoms with Crippen molar-refractivity contribution in [1.29, 1.82) is 0 Å². The Morgan fingerprint density at radius 2 is 1.90 bits per heavy atom. The fourth-order valence-corrected chi connectivity index (χ4v) is 4.40. The summed E-state index contributed by atoms with van der Waals surface area (Å²) < 4.78 is 74.0. The molecule has 3 aromatic carbocycles. The summed E-state index contributed by atoms with van der Waals surface area (Å²) in [6.45, 7) is -1.33. The number of rotatable bonds is 5. The summed E-state index contributed by atoms with van der Waals surface area (Å²) in [6, 6.07) is 13.7. The molecule has 0 bridgehead atoms. The summed E-state index contributed by atoms with van der Waals surface area (Å²) in [6.07, 6.45) is -0.792. The SMILES string of the molecule is Cc1cc(OC(F)F)c2c(c1)OC(c1cccc(F)c1)c1cc(CS(N)(=O)=O)ccc1-2. The third kappa shape index (κ3) is 4.52. The molecule has 1 heterocycles. The molecule has 31 heavy (non-hydrogen) atoms. The molecule has 0 aromatic heterocycles. The molecule has 1 aliphatic rings. The van der Waals surface area contributed by atoms with Gasteiger partial charge in [0.25, 0.3) is 0 Å². The van der Waals surface area contributed by atoms with Crippen LogP contribution < -0.4 is 14.6 Å². The number of primary sulfonamides is 1. The van der Waals surface area contributed by atoms with Gasteiger partial charge in [0.05, 0.1) is 11.3 Å². The minimum Gasteiger partial charge on any atom is -0.480 e. The molecule has 4 rings (SSSR count). The quantitative estimate of drug-likeness (QED) is 0.614. The molecule has 0 saturated carbocycles. The maximum absolute atomic E-state index is 13.9. The van der Waals surface area contributed by atoms with Gasteiger partial charge in [-0.15, -0.1) is 0 Å². The van der Waals surface area contributed by atoms with Crippen molar-refractivity contribution in [3.8, 4) is 22.6 Å². The molecule has 0 amide bonds. The van der Waals surface area contributed by atoms with Crippen molar-refractivity contribution in [2.24, 2.45) is 5.14 Å². The second-order valence-electron chi connectivity index (χ2n) is 7.30. The van der Waals surface area contributed by atoms with Gasteiger partial charge in [-0.2, -0.15) is 8.78 Å². The summed E-state index contributed by atoms with van der Waals surface area (Å²) in [5, 5.41) is 5.17. The summed E-state index contributed by atoms with van der Waals surface area (Å²) in [5.74, 6) is -0.656. The Kier molecular flexibility index (Phi) is 5.40. The maximum atomic E-state index is 13.9. The number of ether oxygens (including phenoxy) is 2. The average Bonchev–Trinajstić information content (AvgIpc) is 2.65. The second-order valence-corrected chi connectivity index (χ2v) is 8.91. The van der Waals surface area contributed by atoms with Crippen molar-refractivity contribution in [2.45, 2.75) is 25.4 Å². The fraction of sp³-hybridized carbons (Fsp3) is 0.182. The summed E-state index contributed by atoms with van der Waals surface area (Å²) in [4.78, 5) is 0. The first-order chi connectivity index (χ1) is 14.6. The van der Waals surface area contributed by atoms with Gasteiger partial charge in [0.2, 0.25) is 10.0 Å². The molecule has 0 saturated heterocycles. The van der Waals surface area contributed by atoms with Crippen molar-refractivity contribution in [3.63, 3.8) is 0 Å². The number of benzene rings is 3. The number of nitrogens with two attached hydrogens (primary N) is 1. The molecular formula is C22H18F3NO4S. The number of sulfonamides is 1. The zero-order chi connectivity index (χ0) is 22.3. The normalized spacial score (nSPS) is 15.2. The summed E-state index contributed by atoms with van der Waals surface area (Å²) >= 11 is 0. The molecule has 1 aliphatic heterocycles. The van der Waals surface area contributed by atoms with E-state index >= 15 is 0 Å². The van der Waals surface area contributed by atoms with E-state index in [4.69, 9.17) is 14.6 Å². The fourth-order valence-electron chi connectivity index (χ4n) is 3.75. The van der Waals surface area contributed by atoms with E-state index in [1.54, 1.807) is 37.3 Å². The van der Waals surface area contributed by atoms with Crippen molar-refractivity contribution in [3.05, 3.63) is 82.7 Å². The van der Waals surface area contributed by atoms with E-state index in [1.807, 2.05) is 0 Å². The van der Waals surface area contributed by atoms with Crippen LogP contribution in [0.5, 0.6) is 11.5 Å². The highest BCUT2D eigenvalue weighted by Gasteiger charge is 2.31. The van der Waals surface area contributed by atoms with Gasteiger partial charge in [-0.25, -0.2) is 17.9 Å². The number of aryl methyl sites for hydroxylation is 1. The smallest absolute Gasteiger partial charge is 0.387 e. The zero-order valence-electron chi connectivity index (χ0n) is 16.3. The Hall–Kier alpha value is -3.04. The zero-order valence-corrected chi connectivity index (χ0v) is 17.1. The Labute approximate surface area is 177 Å². The molecule has 3 aromatic rings. The predicted octanol–water partition coefficient (Wildman–Crippen LogP) is 4.67. The Balaban J connectivity index is 1.95. The molecule has 0 aliphatic carbocycles. The van der Waals surface area contributed by atoms with Gasteiger partial charge >= 0.3 is 6.61 Å². The third-order valence-electron chi connectivity index (χ3n) is 4.86. The van der Waals surface area contributed by atoms with E-state index in [0.29, 0.717) is 39.1 Å². The van der Waals surface area contributed by atoms with Crippen LogP contribution in [0.2, 0.25) is 0 Å². The molecule has 1 unspecified atom stereocenters. The van der Waals surface area contributed by atoms with Crippen LogP contribution in [0.4, 0.5) is 13.2 Å². The van der Waals surface area contributed by atoms with Gasteiger partial charge in [0.1, 0.15) is 23.4 Å². The van der Waals surface area contributed by atoms with Crippen LogP contribution in [-0.2, 0) is 15.8 Å². The van der Waals surface area contributed by atoms with Crippen LogP contribution in [0, 0.1) is 12.7 Å². The molecule has 1 atom stereocenters. The Morgan fingerprint density at radius 1 is 1.13 bits per heavy atom. The largest absolute Gasteiger partial charge is 0.480 e. The van der Waals surface area contributed by atoms with Gasteiger partial charge in [-0.05, 0) is 53.4 Å². The number of alkyl halides is 2. The number of hydrogen-bond donors (Lipinski definition) is 1. The van der Waals surface area contributed by atoms with Gasteiger partial charge in [0, 0.05) is 5.56 Å². The highest BCUT2D eigenvalue weighted by Crippen LogP contribution is 2.50. The van der Waals surface area contributed by atoms with Crippen molar-refractivity contribution < 1.29 is 31.1 Å². The van der Waals surface area contributed by atoms with Crippen LogP contribution in [0.25, 0.3) is 11.1 Å². The number of hydrogen-bond acceptors (Lipinski definition) is 4. The van der Waals surface area contributed by atoms with E-state index in [-0.39, 0.29) is 5.75 Å². The first-order valence-corrected chi connectivity index (χ1v) is 11.0. The monoisotopic (exact) mass is 449 g/mol. The van der Waals surface area contributed by atoms with E-state index in [9.17, 15) is 21.6 Å². The van der Waals surface area contributed by atoms with Gasteiger partial charge in [-0.3, -0.25) is 0 Å². The van der Waals surface area contributed by atoms with Crippen molar-refractivity contribution in [1.82, 2.24) is 0 Å². The van der Waals surface area contributed by atoms with E-state index < -0.39 is 34.3 Å². The molecule has 0 radical (unpaired) electrons. The Morgan fingerprint density at radius 3 is 2.58 bits per heavy atom. The first kappa shape index (κ1) is 21.2. The molecular weight excluding hydrogens is 431 g/mol. The minimum atomic E-state index is -3.81. The van der Waals surface area contributed by atoms with Crippen molar-refractivity contribution in [2.75, 3.05) is 0 Å². The molecule has 0 spiro atoms. The van der Waals surface area contributed by atoms with Crippen LogP contribution in [0.3, 0.4) is 0 Å². The molecule has 162 valence electrons. The van der Waals surface area contributed by atoms with E-state index in [0.717, 1.165) is 0 Å². The minimum absolute atomic E-state index is 0.0665. The molecule has 2 N–H and O–H groups in total. The van der Waals surface area contributed by atoms with Crippen LogP contribution in [0.1, 0.15) is 28.4 Å². The van der Waals surface area contributed by atoms with E-state index in [2.05, 4.69) is 0 Å². The maximum Gasteiger partial charge on any atom is 0.387 e. The lowest BCUT2D eigenvalue weighted by Crippen LogP contribution is -2.19. The molecule has 9 heteroatoms. The van der Waals surface area contributed by atoms with E-state index in [1.165, 1.54) is 24.3 Å². The Bertz CT molecular complexity index is 1260. The highest BCUT2D eigenvalue weighted by molar-refractivity contribution is 7.88. The van der Waals surface area contributed by atoms with Gasteiger partial charge in [0.15, 0.2) is 0 Å². The first-order valence-electron chi connectivity index (χ1n) is 9.26. The highest BCUT2D eigenvalue weighted by atomic mass is 32.2. The second kappa shape index (κ2) is 7.90. The van der Waals surface area contributed by atoms with Crippen LogP contribution in [0.15, 0.2) is 54.6 Å². The number of halogens is 3. The van der Waals surface area contributed by atoms with Gasteiger partial charge in [-0.1, -0.05) is 30.3 Å². The third-order valence-corrected chi connectivity index (χ3v) is 5.59. The topological polar surface area (TPSA) is 78.6 Å². The predicted molar refractivity (Wildman–Crippen MR) is 109 cm³/mol. The lowest BCUT2D eigenvalue weighted by Gasteiger charge is -2.31. The van der Waals surface area contributed by atoms with Gasteiger partial charge < -0.3 is 9.47 Å². The standard InChI is InChI=1S/C22H18F3NO4S/c1-12-7-18-20(19(8-12)30-22(24)25)16-6-5-13(11-31(26,27)28)9-17(16)21(29-18)14-3-2-4-15(23)10-14/h2-10,21-22H,11H2,1H3,(H2,26,27,28). The number of fused-ring (bicyclic) bond motifs is 3. The molecule has 0 fully saturated rings. The molecule has 5 nitrogen and oxygen atoms in total. The lowest BCUT2D eigenvalue weighted by atomic mass is 9.87. The average molecular weight is 449 g/mol.